The van der Waals surface area contributed by atoms with Crippen molar-refractivity contribution in [1.29, 1.82) is 0 Å². The van der Waals surface area contributed by atoms with Crippen molar-refractivity contribution in [1.82, 2.24) is 4.98 Å². The van der Waals surface area contributed by atoms with Crippen LogP contribution in [0, 0.1) is 5.82 Å². The summed E-state index contributed by atoms with van der Waals surface area (Å²) in [6.45, 7) is 2.10. The van der Waals surface area contributed by atoms with Crippen molar-refractivity contribution >= 4 is 0 Å². The fraction of sp³-hybridized carbons (Fsp3) is 0.444. The fourth-order valence-electron chi connectivity index (χ4n) is 0.974. The van der Waals surface area contributed by atoms with Crippen LogP contribution in [0.15, 0.2) is 18.5 Å². The molecule has 0 unspecified atom stereocenters. The predicted octanol–water partition coefficient (Wildman–Crippen LogP) is 2.56. The van der Waals surface area contributed by atoms with E-state index in [-0.39, 0.29) is 5.82 Å². The lowest BCUT2D eigenvalue weighted by Crippen LogP contribution is -1.90. The van der Waals surface area contributed by atoms with E-state index in [1.54, 1.807) is 12.3 Å². The Morgan fingerprint density at radius 3 is 3.00 bits per heavy atom. The van der Waals surface area contributed by atoms with Gasteiger partial charge in [0.1, 0.15) is 5.82 Å². The lowest BCUT2D eigenvalue weighted by atomic mass is 10.1. The van der Waals surface area contributed by atoms with Crippen molar-refractivity contribution in [3.8, 4) is 0 Å². The zero-order valence-electron chi connectivity index (χ0n) is 6.68. The SMILES string of the molecule is CCCCc1ccncc1F. The lowest BCUT2D eigenvalue weighted by molar-refractivity contribution is 0.597. The minimum absolute atomic E-state index is 0.180. The normalized spacial score (nSPS) is 10.0. The molecule has 2 heteroatoms. The second-order valence-electron chi connectivity index (χ2n) is 2.57. The zero-order valence-corrected chi connectivity index (χ0v) is 6.68. The van der Waals surface area contributed by atoms with Gasteiger partial charge in [0.25, 0.3) is 0 Å². The first-order chi connectivity index (χ1) is 5.34. The fourth-order valence-corrected chi connectivity index (χ4v) is 0.974. The Morgan fingerprint density at radius 2 is 2.36 bits per heavy atom. The third kappa shape index (κ3) is 2.30. The quantitative estimate of drug-likeness (QED) is 0.650. The third-order valence-corrected chi connectivity index (χ3v) is 1.66. The van der Waals surface area contributed by atoms with Gasteiger partial charge in [0.15, 0.2) is 0 Å². The van der Waals surface area contributed by atoms with Gasteiger partial charge in [-0.15, -0.1) is 0 Å². The van der Waals surface area contributed by atoms with Crippen LogP contribution in [-0.2, 0) is 6.42 Å². The van der Waals surface area contributed by atoms with E-state index in [0.29, 0.717) is 0 Å². The van der Waals surface area contributed by atoms with Gasteiger partial charge in [-0.25, -0.2) is 4.39 Å². The van der Waals surface area contributed by atoms with Gasteiger partial charge >= 0.3 is 0 Å². The molecule has 1 aromatic rings. The van der Waals surface area contributed by atoms with Crippen molar-refractivity contribution in [2.75, 3.05) is 0 Å². The van der Waals surface area contributed by atoms with Crippen molar-refractivity contribution in [2.45, 2.75) is 26.2 Å². The topological polar surface area (TPSA) is 12.9 Å². The minimum Gasteiger partial charge on any atom is -0.262 e. The summed E-state index contributed by atoms with van der Waals surface area (Å²) in [5.41, 5.74) is 0.779. The van der Waals surface area contributed by atoms with E-state index in [2.05, 4.69) is 11.9 Å². The van der Waals surface area contributed by atoms with E-state index in [0.717, 1.165) is 24.8 Å². The largest absolute Gasteiger partial charge is 0.262 e. The molecular weight excluding hydrogens is 141 g/mol. The maximum Gasteiger partial charge on any atom is 0.144 e. The van der Waals surface area contributed by atoms with Crippen LogP contribution in [0.4, 0.5) is 4.39 Å². The van der Waals surface area contributed by atoms with Crippen molar-refractivity contribution in [3.05, 3.63) is 29.8 Å². The highest BCUT2D eigenvalue weighted by molar-refractivity contribution is 5.12. The number of nitrogens with zero attached hydrogens (tertiary/aromatic N) is 1. The molecule has 11 heavy (non-hydrogen) atoms. The molecule has 0 saturated carbocycles. The first-order valence-corrected chi connectivity index (χ1v) is 3.93. The molecule has 0 aliphatic rings. The summed E-state index contributed by atoms with van der Waals surface area (Å²) in [4.78, 5) is 3.68. The molecule has 0 saturated heterocycles. The number of rotatable bonds is 3. The monoisotopic (exact) mass is 153 g/mol. The molecule has 1 nitrogen and oxygen atoms in total. The number of hydrogen-bond donors (Lipinski definition) is 0. The van der Waals surface area contributed by atoms with Crippen LogP contribution in [-0.4, -0.2) is 4.98 Å². The number of pyridine rings is 1. The number of unbranched alkanes of at least 4 members (excludes halogenated alkanes) is 1. The van der Waals surface area contributed by atoms with Crippen molar-refractivity contribution < 1.29 is 4.39 Å². The number of hydrogen-bond acceptors (Lipinski definition) is 1. The number of aryl methyl sites for hydroxylation is 1. The molecule has 0 N–H and O–H groups in total. The maximum atomic E-state index is 12.9. The van der Waals surface area contributed by atoms with E-state index in [9.17, 15) is 4.39 Å². The summed E-state index contributed by atoms with van der Waals surface area (Å²) in [6.07, 6.45) is 5.87. The molecule has 0 spiro atoms. The molecule has 0 radical (unpaired) electrons. The van der Waals surface area contributed by atoms with E-state index < -0.39 is 0 Å². The molecule has 1 aromatic heterocycles. The average Bonchev–Trinajstić information content (AvgIpc) is 2.03. The van der Waals surface area contributed by atoms with Gasteiger partial charge < -0.3 is 0 Å². The zero-order chi connectivity index (χ0) is 8.10. The standard InChI is InChI=1S/C9H12FN/c1-2-3-4-8-5-6-11-7-9(8)10/h5-7H,2-4H2,1H3. The summed E-state index contributed by atoms with van der Waals surface area (Å²) < 4.78 is 12.9. The molecule has 0 aromatic carbocycles. The molecule has 0 atom stereocenters. The molecule has 0 aliphatic carbocycles. The Balaban J connectivity index is 2.62. The van der Waals surface area contributed by atoms with Crippen LogP contribution < -0.4 is 0 Å². The Bertz CT molecular complexity index is 223. The Labute approximate surface area is 66.3 Å². The summed E-state index contributed by atoms with van der Waals surface area (Å²) in [5.74, 6) is -0.180. The Kier molecular flexibility index (Phi) is 3.02. The van der Waals surface area contributed by atoms with Crippen LogP contribution in [0.3, 0.4) is 0 Å². The number of aromatic nitrogens is 1. The van der Waals surface area contributed by atoms with Gasteiger partial charge in [0, 0.05) is 6.20 Å². The van der Waals surface area contributed by atoms with E-state index in [4.69, 9.17) is 0 Å². The second-order valence-corrected chi connectivity index (χ2v) is 2.57. The lowest BCUT2D eigenvalue weighted by Gasteiger charge is -1.99. The molecule has 1 heterocycles. The van der Waals surface area contributed by atoms with E-state index in [1.165, 1.54) is 6.20 Å². The Hall–Kier alpha value is -0.920. The van der Waals surface area contributed by atoms with Gasteiger partial charge in [-0.3, -0.25) is 4.98 Å². The second kappa shape index (κ2) is 4.06. The average molecular weight is 153 g/mol. The summed E-state index contributed by atoms with van der Waals surface area (Å²) in [7, 11) is 0. The maximum absolute atomic E-state index is 12.9. The summed E-state index contributed by atoms with van der Waals surface area (Å²) in [6, 6.07) is 1.74. The summed E-state index contributed by atoms with van der Waals surface area (Å²) in [5, 5.41) is 0. The van der Waals surface area contributed by atoms with E-state index in [1.807, 2.05) is 0 Å². The molecule has 60 valence electrons. The first-order valence-electron chi connectivity index (χ1n) is 3.93. The molecule has 0 aliphatic heterocycles. The first kappa shape index (κ1) is 8.18. The highest BCUT2D eigenvalue weighted by Gasteiger charge is 1.98. The Morgan fingerprint density at radius 1 is 1.55 bits per heavy atom. The molecule has 1 rings (SSSR count). The van der Waals surface area contributed by atoms with Gasteiger partial charge in [-0.1, -0.05) is 13.3 Å². The van der Waals surface area contributed by atoms with Crippen LogP contribution in [0.1, 0.15) is 25.3 Å². The van der Waals surface area contributed by atoms with Crippen molar-refractivity contribution in [3.63, 3.8) is 0 Å². The molecule has 0 amide bonds. The summed E-state index contributed by atoms with van der Waals surface area (Å²) >= 11 is 0. The highest BCUT2D eigenvalue weighted by Crippen LogP contribution is 2.07. The highest BCUT2D eigenvalue weighted by atomic mass is 19.1. The van der Waals surface area contributed by atoms with Crippen LogP contribution >= 0.6 is 0 Å². The van der Waals surface area contributed by atoms with E-state index >= 15 is 0 Å². The van der Waals surface area contributed by atoms with Crippen molar-refractivity contribution in [2.24, 2.45) is 0 Å². The molecule has 0 bridgehead atoms. The molecular formula is C9H12FN. The van der Waals surface area contributed by atoms with Crippen LogP contribution in [0.5, 0.6) is 0 Å². The smallest absolute Gasteiger partial charge is 0.144 e. The molecule has 0 fully saturated rings. The van der Waals surface area contributed by atoms with Crippen LogP contribution in [0.25, 0.3) is 0 Å². The van der Waals surface area contributed by atoms with Gasteiger partial charge in [0.2, 0.25) is 0 Å². The minimum atomic E-state index is -0.180. The predicted molar refractivity (Wildman–Crippen MR) is 42.8 cm³/mol. The van der Waals surface area contributed by atoms with Crippen LogP contribution in [0.2, 0.25) is 0 Å². The van der Waals surface area contributed by atoms with Gasteiger partial charge in [-0.2, -0.15) is 0 Å². The van der Waals surface area contributed by atoms with Gasteiger partial charge in [-0.05, 0) is 24.5 Å². The number of halogens is 1. The van der Waals surface area contributed by atoms with Gasteiger partial charge in [0.05, 0.1) is 6.20 Å². The third-order valence-electron chi connectivity index (χ3n) is 1.66.